The van der Waals surface area contributed by atoms with E-state index in [1.807, 2.05) is 0 Å². The average molecular weight is 312 g/mol. The van der Waals surface area contributed by atoms with Crippen LogP contribution in [-0.2, 0) is 6.54 Å². The molecule has 0 saturated heterocycles. The topological polar surface area (TPSA) is 71.3 Å². The van der Waals surface area contributed by atoms with Gasteiger partial charge >= 0.3 is 0 Å². The Bertz CT molecular complexity index is 904. The molecule has 0 saturated carbocycles. The van der Waals surface area contributed by atoms with Gasteiger partial charge in [0, 0.05) is 12.1 Å². The summed E-state index contributed by atoms with van der Waals surface area (Å²) in [6.45, 7) is 0.111. The second-order valence-corrected chi connectivity index (χ2v) is 4.90. The van der Waals surface area contributed by atoms with Crippen molar-refractivity contribution >= 4 is 16.9 Å². The van der Waals surface area contributed by atoms with E-state index in [-0.39, 0.29) is 12.0 Å². The van der Waals surface area contributed by atoms with Gasteiger partial charge in [-0.3, -0.25) is 15.0 Å². The van der Waals surface area contributed by atoms with E-state index in [0.29, 0.717) is 22.1 Å². The first-order valence-corrected chi connectivity index (χ1v) is 6.93. The minimum absolute atomic E-state index is 0.111. The first kappa shape index (κ1) is 14.9. The maximum atomic E-state index is 12.8. The van der Waals surface area contributed by atoms with Crippen LogP contribution in [0, 0.1) is 5.82 Å². The molecule has 0 aliphatic rings. The second-order valence-electron chi connectivity index (χ2n) is 4.90. The highest BCUT2D eigenvalue weighted by Crippen LogP contribution is 2.10. The minimum Gasteiger partial charge on any atom is -0.464 e. The SMILES string of the molecule is O=C(NNCc1coc2ccccc2c1=O)c1ccc(F)cc1. The number of nitrogens with one attached hydrogen (secondary N) is 2. The fraction of sp³-hybridized carbons (Fsp3) is 0.0588. The molecule has 3 aromatic rings. The highest BCUT2D eigenvalue weighted by Gasteiger charge is 2.08. The lowest BCUT2D eigenvalue weighted by atomic mass is 10.2. The highest BCUT2D eigenvalue weighted by atomic mass is 19.1. The predicted molar refractivity (Wildman–Crippen MR) is 83.2 cm³/mol. The smallest absolute Gasteiger partial charge is 0.265 e. The molecular formula is C17H13FN2O3. The maximum absolute atomic E-state index is 12.8. The van der Waals surface area contributed by atoms with Crippen LogP contribution < -0.4 is 16.3 Å². The number of hydrazine groups is 1. The second kappa shape index (κ2) is 6.41. The number of carbonyl (C=O) groups is 1. The molecule has 116 valence electrons. The Balaban J connectivity index is 1.67. The van der Waals surface area contributed by atoms with Crippen LogP contribution in [0.5, 0.6) is 0 Å². The molecule has 0 unspecified atom stereocenters. The van der Waals surface area contributed by atoms with Crippen LogP contribution >= 0.6 is 0 Å². The third-order valence-corrected chi connectivity index (χ3v) is 3.34. The zero-order valence-corrected chi connectivity index (χ0v) is 12.0. The molecule has 23 heavy (non-hydrogen) atoms. The van der Waals surface area contributed by atoms with E-state index in [4.69, 9.17) is 4.42 Å². The van der Waals surface area contributed by atoms with Crippen molar-refractivity contribution in [1.29, 1.82) is 0 Å². The molecule has 1 amide bonds. The lowest BCUT2D eigenvalue weighted by molar-refractivity contribution is 0.0932. The number of hydrogen-bond acceptors (Lipinski definition) is 4. The number of para-hydroxylation sites is 1. The Kier molecular flexibility index (Phi) is 4.16. The van der Waals surface area contributed by atoms with E-state index in [1.165, 1.54) is 30.5 Å². The lowest BCUT2D eigenvalue weighted by Crippen LogP contribution is -2.37. The molecule has 0 fully saturated rings. The lowest BCUT2D eigenvalue weighted by Gasteiger charge is -2.07. The Labute approximate surface area is 130 Å². The van der Waals surface area contributed by atoms with Crippen molar-refractivity contribution in [3.63, 3.8) is 0 Å². The first-order chi connectivity index (χ1) is 11.1. The van der Waals surface area contributed by atoms with Crippen LogP contribution in [0.15, 0.2) is 64.0 Å². The molecule has 0 spiro atoms. The molecule has 0 atom stereocenters. The summed E-state index contributed by atoms with van der Waals surface area (Å²) in [4.78, 5) is 24.1. The highest BCUT2D eigenvalue weighted by molar-refractivity contribution is 5.93. The Morgan fingerprint density at radius 2 is 1.83 bits per heavy atom. The summed E-state index contributed by atoms with van der Waals surface area (Å²) in [5.41, 5.74) is 6.17. The summed E-state index contributed by atoms with van der Waals surface area (Å²) < 4.78 is 18.2. The standard InChI is InChI=1S/C17H13FN2O3/c18-13-7-5-11(6-8-13)17(22)20-19-9-12-10-23-15-4-2-1-3-14(15)16(12)21/h1-8,10,19H,9H2,(H,20,22). The van der Waals surface area contributed by atoms with Gasteiger partial charge < -0.3 is 4.42 Å². The number of carbonyl (C=O) groups excluding carboxylic acids is 1. The molecule has 0 aliphatic carbocycles. The van der Waals surface area contributed by atoms with Gasteiger partial charge in [0.15, 0.2) is 5.43 Å². The third kappa shape index (κ3) is 3.27. The van der Waals surface area contributed by atoms with Crippen molar-refractivity contribution in [3.8, 4) is 0 Å². The maximum Gasteiger partial charge on any atom is 0.265 e. The Morgan fingerprint density at radius 3 is 2.61 bits per heavy atom. The van der Waals surface area contributed by atoms with Gasteiger partial charge in [-0.15, -0.1) is 0 Å². The number of amides is 1. The van der Waals surface area contributed by atoms with Crippen LogP contribution in [0.2, 0.25) is 0 Å². The fourth-order valence-corrected chi connectivity index (χ4v) is 2.13. The largest absolute Gasteiger partial charge is 0.464 e. The van der Waals surface area contributed by atoms with Gasteiger partial charge in [-0.05, 0) is 36.4 Å². The summed E-state index contributed by atoms with van der Waals surface area (Å²) in [6, 6.07) is 12.1. The molecule has 5 nitrogen and oxygen atoms in total. The molecule has 3 rings (SSSR count). The zero-order valence-electron chi connectivity index (χ0n) is 12.0. The molecule has 2 aromatic carbocycles. The van der Waals surface area contributed by atoms with E-state index in [1.54, 1.807) is 24.3 Å². The molecule has 1 aromatic heterocycles. The van der Waals surface area contributed by atoms with E-state index in [0.717, 1.165) is 0 Å². The van der Waals surface area contributed by atoms with Gasteiger partial charge in [-0.2, -0.15) is 0 Å². The molecule has 0 aliphatic heterocycles. The van der Waals surface area contributed by atoms with Crippen LogP contribution in [0.3, 0.4) is 0 Å². The van der Waals surface area contributed by atoms with Gasteiger partial charge in [0.05, 0.1) is 17.2 Å². The van der Waals surface area contributed by atoms with Crippen LogP contribution in [0.4, 0.5) is 4.39 Å². The van der Waals surface area contributed by atoms with Gasteiger partial charge in [0.25, 0.3) is 5.91 Å². The monoisotopic (exact) mass is 312 g/mol. The summed E-state index contributed by atoms with van der Waals surface area (Å²) >= 11 is 0. The zero-order chi connectivity index (χ0) is 16.2. The van der Waals surface area contributed by atoms with Crippen molar-refractivity contribution < 1.29 is 13.6 Å². The molecule has 6 heteroatoms. The number of rotatable bonds is 4. The quantitative estimate of drug-likeness (QED) is 0.726. The number of fused-ring (bicyclic) bond motifs is 1. The average Bonchev–Trinajstić information content (AvgIpc) is 2.57. The number of halogens is 1. The number of benzene rings is 2. The predicted octanol–water partition coefficient (Wildman–Crippen LogP) is 2.37. The normalized spacial score (nSPS) is 10.7. The molecule has 0 radical (unpaired) electrons. The van der Waals surface area contributed by atoms with Crippen LogP contribution in [-0.4, -0.2) is 5.91 Å². The van der Waals surface area contributed by atoms with Crippen molar-refractivity contribution in [2.45, 2.75) is 6.54 Å². The van der Waals surface area contributed by atoms with Crippen molar-refractivity contribution in [1.82, 2.24) is 10.9 Å². The summed E-state index contributed by atoms with van der Waals surface area (Å²) in [5, 5.41) is 0.483. The number of hydrogen-bond donors (Lipinski definition) is 2. The molecule has 2 N–H and O–H groups in total. The third-order valence-electron chi connectivity index (χ3n) is 3.34. The van der Waals surface area contributed by atoms with Crippen molar-refractivity contribution in [2.24, 2.45) is 0 Å². The van der Waals surface area contributed by atoms with Gasteiger partial charge in [0.2, 0.25) is 0 Å². The van der Waals surface area contributed by atoms with Gasteiger partial charge in [0.1, 0.15) is 11.4 Å². The Hall–Kier alpha value is -2.99. The van der Waals surface area contributed by atoms with Gasteiger partial charge in [-0.1, -0.05) is 12.1 Å². The van der Waals surface area contributed by atoms with Gasteiger partial charge in [-0.25, -0.2) is 9.82 Å². The summed E-state index contributed by atoms with van der Waals surface area (Å²) in [6.07, 6.45) is 1.36. The van der Waals surface area contributed by atoms with E-state index in [9.17, 15) is 14.0 Å². The van der Waals surface area contributed by atoms with Crippen LogP contribution in [0.25, 0.3) is 11.0 Å². The Morgan fingerprint density at radius 1 is 1.09 bits per heavy atom. The fourth-order valence-electron chi connectivity index (χ4n) is 2.13. The van der Waals surface area contributed by atoms with Crippen LogP contribution in [0.1, 0.15) is 15.9 Å². The molecule has 0 bridgehead atoms. The van der Waals surface area contributed by atoms with E-state index >= 15 is 0 Å². The van der Waals surface area contributed by atoms with Crippen molar-refractivity contribution in [2.75, 3.05) is 0 Å². The van der Waals surface area contributed by atoms with Crippen molar-refractivity contribution in [3.05, 3.63) is 82.0 Å². The first-order valence-electron chi connectivity index (χ1n) is 6.93. The summed E-state index contributed by atoms with van der Waals surface area (Å²) in [7, 11) is 0. The molecular weight excluding hydrogens is 299 g/mol. The molecule has 1 heterocycles. The van der Waals surface area contributed by atoms with E-state index < -0.39 is 11.7 Å². The minimum atomic E-state index is -0.421. The summed E-state index contributed by atoms with van der Waals surface area (Å²) in [5.74, 6) is -0.835. The van der Waals surface area contributed by atoms with E-state index in [2.05, 4.69) is 10.9 Å².